The van der Waals surface area contributed by atoms with E-state index in [0.717, 1.165) is 23.5 Å². The molecular formula is C10H17NO2. The molecule has 1 aromatic heterocycles. The van der Waals surface area contributed by atoms with E-state index in [9.17, 15) is 0 Å². The highest BCUT2D eigenvalue weighted by atomic mass is 16.3. The number of aryl methyl sites for hydroxylation is 2. The van der Waals surface area contributed by atoms with Gasteiger partial charge in [0.25, 0.3) is 0 Å². The maximum Gasteiger partial charge on any atom is 0.105 e. The van der Waals surface area contributed by atoms with Crippen molar-refractivity contribution in [2.24, 2.45) is 0 Å². The average molecular weight is 183 g/mol. The number of nitrogens with one attached hydrogen (secondary N) is 1. The number of rotatable bonds is 4. The first-order valence-electron chi connectivity index (χ1n) is 4.54. The van der Waals surface area contributed by atoms with Crippen molar-refractivity contribution in [2.45, 2.75) is 26.3 Å². The summed E-state index contributed by atoms with van der Waals surface area (Å²) in [6.45, 7) is 4.07. The van der Waals surface area contributed by atoms with Crippen LogP contribution < -0.4 is 5.32 Å². The van der Waals surface area contributed by atoms with E-state index >= 15 is 0 Å². The van der Waals surface area contributed by atoms with Gasteiger partial charge in [-0.15, -0.1) is 0 Å². The Morgan fingerprint density at radius 1 is 1.54 bits per heavy atom. The third-order valence-electron chi connectivity index (χ3n) is 2.22. The largest absolute Gasteiger partial charge is 0.466 e. The molecule has 0 aliphatic carbocycles. The van der Waals surface area contributed by atoms with Gasteiger partial charge in [-0.25, -0.2) is 0 Å². The van der Waals surface area contributed by atoms with Crippen LogP contribution in [-0.4, -0.2) is 18.8 Å². The third-order valence-corrected chi connectivity index (χ3v) is 2.22. The summed E-state index contributed by atoms with van der Waals surface area (Å²) in [5.74, 6) is 1.86. The second-order valence-electron chi connectivity index (χ2n) is 3.22. The van der Waals surface area contributed by atoms with Crippen LogP contribution in [0.4, 0.5) is 0 Å². The molecular weight excluding hydrogens is 166 g/mol. The Balaban J connectivity index is 2.83. The van der Waals surface area contributed by atoms with Crippen LogP contribution in [0, 0.1) is 13.8 Å². The molecule has 0 fully saturated rings. The molecule has 0 aliphatic rings. The molecule has 3 heteroatoms. The number of hydrogen-bond acceptors (Lipinski definition) is 3. The Morgan fingerprint density at radius 2 is 2.23 bits per heavy atom. The Bertz CT molecular complexity index is 268. The van der Waals surface area contributed by atoms with E-state index in [0.29, 0.717) is 0 Å². The molecule has 2 N–H and O–H groups in total. The van der Waals surface area contributed by atoms with Crippen LogP contribution in [-0.2, 0) is 0 Å². The van der Waals surface area contributed by atoms with Crippen molar-refractivity contribution in [2.75, 3.05) is 13.7 Å². The van der Waals surface area contributed by atoms with Gasteiger partial charge in [-0.3, -0.25) is 0 Å². The van der Waals surface area contributed by atoms with Crippen molar-refractivity contribution in [1.82, 2.24) is 5.32 Å². The minimum Gasteiger partial charge on any atom is -0.466 e. The van der Waals surface area contributed by atoms with Gasteiger partial charge in [0, 0.05) is 18.2 Å². The quantitative estimate of drug-likeness (QED) is 0.744. The summed E-state index contributed by atoms with van der Waals surface area (Å²) < 4.78 is 5.42. The van der Waals surface area contributed by atoms with E-state index in [2.05, 4.69) is 5.32 Å². The summed E-state index contributed by atoms with van der Waals surface area (Å²) in [5.41, 5.74) is 1.15. The molecule has 3 nitrogen and oxygen atoms in total. The zero-order valence-corrected chi connectivity index (χ0v) is 8.42. The standard InChI is InChI=1S/C10H17NO2/c1-7-6-9(8(2)13-7)10(11-3)4-5-12/h6,10-12H,4-5H2,1-3H3. The molecule has 0 saturated heterocycles. The molecule has 1 atom stereocenters. The smallest absolute Gasteiger partial charge is 0.105 e. The van der Waals surface area contributed by atoms with Gasteiger partial charge in [0.2, 0.25) is 0 Å². The summed E-state index contributed by atoms with van der Waals surface area (Å²) in [5, 5.41) is 12.0. The first kappa shape index (κ1) is 10.3. The Morgan fingerprint density at radius 3 is 2.62 bits per heavy atom. The van der Waals surface area contributed by atoms with Crippen LogP contribution in [0.5, 0.6) is 0 Å². The normalized spacial score (nSPS) is 13.2. The van der Waals surface area contributed by atoms with Gasteiger partial charge < -0.3 is 14.8 Å². The lowest BCUT2D eigenvalue weighted by Crippen LogP contribution is -2.17. The zero-order valence-electron chi connectivity index (χ0n) is 8.42. The average Bonchev–Trinajstić information content (AvgIpc) is 2.41. The molecule has 13 heavy (non-hydrogen) atoms. The van der Waals surface area contributed by atoms with Gasteiger partial charge >= 0.3 is 0 Å². The lowest BCUT2D eigenvalue weighted by Gasteiger charge is -2.13. The van der Waals surface area contributed by atoms with Crippen LogP contribution >= 0.6 is 0 Å². The lowest BCUT2D eigenvalue weighted by atomic mass is 10.1. The fraction of sp³-hybridized carbons (Fsp3) is 0.600. The first-order chi connectivity index (χ1) is 6.19. The molecule has 1 rings (SSSR count). The highest BCUT2D eigenvalue weighted by Crippen LogP contribution is 2.23. The summed E-state index contributed by atoms with van der Waals surface area (Å²) >= 11 is 0. The van der Waals surface area contributed by atoms with Crippen molar-refractivity contribution in [3.8, 4) is 0 Å². The predicted octanol–water partition coefficient (Wildman–Crippen LogP) is 1.54. The van der Waals surface area contributed by atoms with E-state index < -0.39 is 0 Å². The maximum atomic E-state index is 8.86. The molecule has 0 saturated carbocycles. The minimum absolute atomic E-state index is 0.190. The van der Waals surface area contributed by atoms with Crippen molar-refractivity contribution in [1.29, 1.82) is 0 Å². The van der Waals surface area contributed by atoms with Crippen molar-refractivity contribution < 1.29 is 9.52 Å². The van der Waals surface area contributed by atoms with E-state index in [4.69, 9.17) is 9.52 Å². The summed E-state index contributed by atoms with van der Waals surface area (Å²) in [6, 6.07) is 2.22. The lowest BCUT2D eigenvalue weighted by molar-refractivity contribution is 0.268. The first-order valence-corrected chi connectivity index (χ1v) is 4.54. The van der Waals surface area contributed by atoms with E-state index in [1.165, 1.54) is 0 Å². The molecule has 0 spiro atoms. The maximum absolute atomic E-state index is 8.86. The molecule has 1 heterocycles. The highest BCUT2D eigenvalue weighted by Gasteiger charge is 2.14. The zero-order chi connectivity index (χ0) is 9.84. The van der Waals surface area contributed by atoms with Crippen LogP contribution in [0.3, 0.4) is 0 Å². The SMILES string of the molecule is CNC(CCO)c1cc(C)oc1C. The topological polar surface area (TPSA) is 45.4 Å². The summed E-state index contributed by atoms with van der Waals surface area (Å²) in [4.78, 5) is 0. The second kappa shape index (κ2) is 4.44. The highest BCUT2D eigenvalue weighted by molar-refractivity contribution is 5.23. The number of aliphatic hydroxyl groups excluding tert-OH is 1. The van der Waals surface area contributed by atoms with Gasteiger partial charge in [-0.2, -0.15) is 0 Å². The summed E-state index contributed by atoms with van der Waals surface area (Å²) in [7, 11) is 1.89. The van der Waals surface area contributed by atoms with Crippen molar-refractivity contribution in [3.05, 3.63) is 23.2 Å². The van der Waals surface area contributed by atoms with Gasteiger partial charge in [0.1, 0.15) is 11.5 Å². The molecule has 0 bridgehead atoms. The molecule has 1 unspecified atom stereocenters. The molecule has 1 aromatic rings. The van der Waals surface area contributed by atoms with E-state index in [-0.39, 0.29) is 12.6 Å². The van der Waals surface area contributed by atoms with E-state index in [1.54, 1.807) is 0 Å². The molecule has 0 aromatic carbocycles. The molecule has 0 amide bonds. The van der Waals surface area contributed by atoms with Crippen molar-refractivity contribution in [3.63, 3.8) is 0 Å². The minimum atomic E-state index is 0.190. The summed E-state index contributed by atoms with van der Waals surface area (Å²) in [6.07, 6.45) is 0.719. The Kier molecular flexibility index (Phi) is 3.51. The predicted molar refractivity (Wildman–Crippen MR) is 51.7 cm³/mol. The Hall–Kier alpha value is -0.800. The van der Waals surface area contributed by atoms with Crippen LogP contribution in [0.2, 0.25) is 0 Å². The van der Waals surface area contributed by atoms with Crippen LogP contribution in [0.25, 0.3) is 0 Å². The van der Waals surface area contributed by atoms with Crippen molar-refractivity contribution >= 4 is 0 Å². The third kappa shape index (κ3) is 2.32. The van der Waals surface area contributed by atoms with E-state index in [1.807, 2.05) is 27.0 Å². The second-order valence-corrected chi connectivity index (χ2v) is 3.22. The molecule has 74 valence electrons. The number of furan rings is 1. The molecule has 0 aliphatic heterocycles. The van der Waals surface area contributed by atoms with Gasteiger partial charge in [-0.1, -0.05) is 0 Å². The monoisotopic (exact) mass is 183 g/mol. The molecule has 0 radical (unpaired) electrons. The van der Waals surface area contributed by atoms with Gasteiger partial charge in [-0.05, 0) is 33.4 Å². The van der Waals surface area contributed by atoms with Gasteiger partial charge in [0.05, 0.1) is 0 Å². The number of hydrogen-bond donors (Lipinski definition) is 2. The fourth-order valence-corrected chi connectivity index (χ4v) is 1.58. The van der Waals surface area contributed by atoms with Gasteiger partial charge in [0.15, 0.2) is 0 Å². The van der Waals surface area contributed by atoms with Crippen LogP contribution in [0.15, 0.2) is 10.5 Å². The fourth-order valence-electron chi connectivity index (χ4n) is 1.58. The Labute approximate surface area is 78.8 Å². The van der Waals surface area contributed by atoms with Crippen LogP contribution in [0.1, 0.15) is 29.5 Å². The number of aliphatic hydroxyl groups is 1.